The topological polar surface area (TPSA) is 113 Å². The summed E-state index contributed by atoms with van der Waals surface area (Å²) in [5.41, 5.74) is 1.23. The summed E-state index contributed by atoms with van der Waals surface area (Å²) in [6.07, 6.45) is 1.26. The highest BCUT2D eigenvalue weighted by atomic mass is 32.2. The molecule has 7 nitrogen and oxygen atoms in total. The van der Waals surface area contributed by atoms with E-state index in [0.717, 1.165) is 17.4 Å². The number of aryl methyl sites for hydroxylation is 1. The Morgan fingerprint density at radius 2 is 1.85 bits per heavy atom. The number of hydrogen-bond donors (Lipinski definition) is 3. The predicted molar refractivity (Wildman–Crippen MR) is 100 cm³/mol. The van der Waals surface area contributed by atoms with Gasteiger partial charge in [-0.3, -0.25) is 9.59 Å². The maximum absolute atomic E-state index is 12.5. The monoisotopic (exact) mass is 384 g/mol. The van der Waals surface area contributed by atoms with Crippen molar-refractivity contribution in [1.29, 1.82) is 0 Å². The second kappa shape index (κ2) is 8.64. The fourth-order valence-corrected chi connectivity index (χ4v) is 3.42. The van der Waals surface area contributed by atoms with E-state index in [1.54, 1.807) is 20.8 Å². The van der Waals surface area contributed by atoms with Crippen LogP contribution in [-0.2, 0) is 26.0 Å². The molecule has 146 valence electrons. The van der Waals surface area contributed by atoms with Crippen molar-refractivity contribution < 1.29 is 23.1 Å². The van der Waals surface area contributed by atoms with Crippen LogP contribution < -0.4 is 10.0 Å². The zero-order chi connectivity index (χ0) is 20.1. The van der Waals surface area contributed by atoms with E-state index < -0.39 is 39.3 Å². The van der Waals surface area contributed by atoms with Gasteiger partial charge in [0.15, 0.2) is 0 Å². The van der Waals surface area contributed by atoms with Gasteiger partial charge in [-0.1, -0.05) is 50.6 Å². The summed E-state index contributed by atoms with van der Waals surface area (Å²) in [4.78, 5) is 24.0. The van der Waals surface area contributed by atoms with Crippen LogP contribution in [0.2, 0.25) is 0 Å². The lowest BCUT2D eigenvalue weighted by atomic mass is 9.86. The molecule has 0 bridgehead atoms. The lowest BCUT2D eigenvalue weighted by Crippen LogP contribution is -2.54. The number of benzene rings is 1. The SMILES string of the molecule is Cc1cccc(CC(CNC(=O)C(NS(C)(=O)=O)C(C)(C)C)C(=O)O)c1. The van der Waals surface area contributed by atoms with Crippen LogP contribution in [0.1, 0.15) is 31.9 Å². The highest BCUT2D eigenvalue weighted by Gasteiger charge is 2.34. The van der Waals surface area contributed by atoms with Crippen molar-refractivity contribution in [1.82, 2.24) is 10.0 Å². The van der Waals surface area contributed by atoms with E-state index in [1.807, 2.05) is 31.2 Å². The first-order valence-corrected chi connectivity index (χ1v) is 10.2. The Balaban J connectivity index is 2.83. The molecule has 2 unspecified atom stereocenters. The predicted octanol–water partition coefficient (Wildman–Crippen LogP) is 1.32. The lowest BCUT2D eigenvalue weighted by molar-refractivity contribution is -0.141. The Morgan fingerprint density at radius 3 is 2.31 bits per heavy atom. The van der Waals surface area contributed by atoms with Crippen LogP contribution in [0.3, 0.4) is 0 Å². The third-order valence-corrected chi connectivity index (χ3v) is 4.56. The highest BCUT2D eigenvalue weighted by molar-refractivity contribution is 7.88. The second-order valence-electron chi connectivity index (χ2n) is 7.66. The van der Waals surface area contributed by atoms with Gasteiger partial charge in [-0.2, -0.15) is 0 Å². The van der Waals surface area contributed by atoms with Crippen molar-refractivity contribution in [3.05, 3.63) is 35.4 Å². The van der Waals surface area contributed by atoms with Gasteiger partial charge in [-0.05, 0) is 24.3 Å². The maximum atomic E-state index is 12.5. The molecule has 0 aliphatic heterocycles. The van der Waals surface area contributed by atoms with E-state index in [-0.39, 0.29) is 13.0 Å². The second-order valence-corrected chi connectivity index (χ2v) is 9.44. The van der Waals surface area contributed by atoms with Gasteiger partial charge in [-0.25, -0.2) is 13.1 Å². The van der Waals surface area contributed by atoms with Crippen molar-refractivity contribution in [2.45, 2.75) is 40.2 Å². The van der Waals surface area contributed by atoms with Crippen LogP contribution in [0, 0.1) is 18.3 Å². The van der Waals surface area contributed by atoms with Crippen LogP contribution in [0.4, 0.5) is 0 Å². The summed E-state index contributed by atoms with van der Waals surface area (Å²) in [5.74, 6) is -2.37. The molecule has 3 N–H and O–H groups in total. The third-order valence-electron chi connectivity index (χ3n) is 3.90. The van der Waals surface area contributed by atoms with Gasteiger partial charge in [0.05, 0.1) is 12.2 Å². The first-order valence-electron chi connectivity index (χ1n) is 8.33. The number of carboxylic acids is 1. The zero-order valence-corrected chi connectivity index (χ0v) is 16.7. The van der Waals surface area contributed by atoms with Crippen LogP contribution in [-0.4, -0.2) is 44.2 Å². The summed E-state index contributed by atoms with van der Waals surface area (Å²) in [6.45, 7) is 7.04. The fourth-order valence-electron chi connectivity index (χ4n) is 2.53. The quantitative estimate of drug-likeness (QED) is 0.626. The van der Waals surface area contributed by atoms with Crippen molar-refractivity contribution in [3.8, 4) is 0 Å². The van der Waals surface area contributed by atoms with Gasteiger partial charge in [0, 0.05) is 6.54 Å². The van der Waals surface area contributed by atoms with Crippen LogP contribution in [0.25, 0.3) is 0 Å². The molecule has 0 saturated heterocycles. The molecule has 0 radical (unpaired) electrons. The summed E-state index contributed by atoms with van der Waals surface area (Å²) in [7, 11) is -3.59. The molecular weight excluding hydrogens is 356 g/mol. The Labute approximate surface area is 155 Å². The number of aliphatic carboxylic acids is 1. The molecule has 0 spiro atoms. The van der Waals surface area contributed by atoms with E-state index in [4.69, 9.17) is 0 Å². The molecular formula is C18H28N2O5S. The molecule has 1 aromatic rings. The molecule has 26 heavy (non-hydrogen) atoms. The summed E-state index contributed by atoms with van der Waals surface area (Å²) >= 11 is 0. The maximum Gasteiger partial charge on any atom is 0.308 e. The molecule has 1 amide bonds. The largest absolute Gasteiger partial charge is 0.481 e. The fraction of sp³-hybridized carbons (Fsp3) is 0.556. The van der Waals surface area contributed by atoms with Gasteiger partial charge in [-0.15, -0.1) is 0 Å². The number of rotatable bonds is 8. The lowest BCUT2D eigenvalue weighted by Gasteiger charge is -2.30. The number of nitrogens with one attached hydrogen (secondary N) is 2. The molecule has 0 saturated carbocycles. The summed E-state index contributed by atoms with van der Waals surface area (Å²) in [6, 6.07) is 6.53. The van der Waals surface area contributed by atoms with E-state index in [0.29, 0.717) is 0 Å². The molecule has 0 heterocycles. The third kappa shape index (κ3) is 7.53. The smallest absolute Gasteiger partial charge is 0.308 e. The minimum absolute atomic E-state index is 0.0832. The normalized spacial score (nSPS) is 14.5. The van der Waals surface area contributed by atoms with E-state index in [2.05, 4.69) is 10.0 Å². The molecule has 1 rings (SSSR count). The van der Waals surface area contributed by atoms with Crippen molar-refractivity contribution >= 4 is 21.9 Å². The Hall–Kier alpha value is -1.93. The number of carbonyl (C=O) groups excluding carboxylic acids is 1. The number of sulfonamides is 1. The minimum atomic E-state index is -3.59. The van der Waals surface area contributed by atoms with Crippen molar-refractivity contribution in [2.24, 2.45) is 11.3 Å². The molecule has 0 fully saturated rings. The molecule has 0 aromatic heterocycles. The Morgan fingerprint density at radius 1 is 1.23 bits per heavy atom. The first-order chi connectivity index (χ1) is 11.8. The summed E-state index contributed by atoms with van der Waals surface area (Å²) in [5, 5.41) is 12.0. The van der Waals surface area contributed by atoms with Crippen molar-refractivity contribution in [3.63, 3.8) is 0 Å². The van der Waals surface area contributed by atoms with Crippen molar-refractivity contribution in [2.75, 3.05) is 12.8 Å². The number of carbonyl (C=O) groups is 2. The Bertz CT molecular complexity index is 753. The van der Waals surface area contributed by atoms with Gasteiger partial charge in [0.1, 0.15) is 6.04 Å². The van der Waals surface area contributed by atoms with Crippen LogP contribution in [0.5, 0.6) is 0 Å². The first kappa shape index (κ1) is 22.1. The van der Waals surface area contributed by atoms with Gasteiger partial charge >= 0.3 is 5.97 Å². The standard InChI is InChI=1S/C18H28N2O5S/c1-12-7-6-8-13(9-12)10-14(17(22)23)11-19-16(21)15(18(2,3)4)20-26(5,24)25/h6-9,14-15,20H,10-11H2,1-5H3,(H,19,21)(H,22,23). The molecule has 0 aliphatic carbocycles. The molecule has 8 heteroatoms. The number of carboxylic acid groups (broad SMARTS) is 1. The summed E-state index contributed by atoms with van der Waals surface area (Å²) < 4.78 is 25.4. The van der Waals surface area contributed by atoms with Crippen LogP contribution >= 0.6 is 0 Å². The van der Waals surface area contributed by atoms with Gasteiger partial charge in [0.2, 0.25) is 15.9 Å². The van der Waals surface area contributed by atoms with Crippen LogP contribution in [0.15, 0.2) is 24.3 Å². The van der Waals surface area contributed by atoms with Gasteiger partial charge < -0.3 is 10.4 Å². The Kier molecular flexibility index (Phi) is 7.35. The van der Waals surface area contributed by atoms with E-state index in [1.165, 1.54) is 0 Å². The average Bonchev–Trinajstić information content (AvgIpc) is 2.46. The average molecular weight is 384 g/mol. The molecule has 1 aromatic carbocycles. The highest BCUT2D eigenvalue weighted by Crippen LogP contribution is 2.20. The number of hydrogen-bond acceptors (Lipinski definition) is 4. The number of amides is 1. The zero-order valence-electron chi connectivity index (χ0n) is 15.9. The molecule has 2 atom stereocenters. The van der Waals surface area contributed by atoms with E-state index in [9.17, 15) is 23.1 Å². The minimum Gasteiger partial charge on any atom is -0.481 e. The van der Waals surface area contributed by atoms with Gasteiger partial charge in [0.25, 0.3) is 0 Å². The van der Waals surface area contributed by atoms with E-state index >= 15 is 0 Å². The molecule has 0 aliphatic rings.